The van der Waals surface area contributed by atoms with E-state index in [2.05, 4.69) is 10.3 Å². The van der Waals surface area contributed by atoms with E-state index in [0.717, 1.165) is 12.2 Å². The van der Waals surface area contributed by atoms with Crippen LogP contribution in [-0.2, 0) is 11.3 Å². The van der Waals surface area contributed by atoms with Crippen molar-refractivity contribution >= 4 is 29.1 Å². The lowest BCUT2D eigenvalue weighted by Crippen LogP contribution is -2.23. The number of hydrogen-bond acceptors (Lipinski definition) is 4. The molecule has 0 spiro atoms. The summed E-state index contributed by atoms with van der Waals surface area (Å²) in [7, 11) is 0. The van der Waals surface area contributed by atoms with E-state index in [-0.39, 0.29) is 5.91 Å². The van der Waals surface area contributed by atoms with Crippen LogP contribution in [0.5, 0.6) is 11.6 Å². The molecule has 1 amide bonds. The fourth-order valence-electron chi connectivity index (χ4n) is 2.39. The Labute approximate surface area is 169 Å². The average Bonchev–Trinajstić information content (AvgIpc) is 3.50. The van der Waals surface area contributed by atoms with Gasteiger partial charge in [0.2, 0.25) is 11.8 Å². The van der Waals surface area contributed by atoms with Gasteiger partial charge in [-0.3, -0.25) is 4.79 Å². The van der Waals surface area contributed by atoms with E-state index in [4.69, 9.17) is 32.7 Å². The molecule has 0 bridgehead atoms. The third-order valence-corrected chi connectivity index (χ3v) is 4.97. The van der Waals surface area contributed by atoms with Crippen molar-refractivity contribution in [3.63, 3.8) is 0 Å². The van der Waals surface area contributed by atoms with Crippen LogP contribution in [0.2, 0.25) is 10.0 Å². The lowest BCUT2D eigenvalue weighted by Gasteiger charge is -2.09. The lowest BCUT2D eigenvalue weighted by atomic mass is 10.2. The quantitative estimate of drug-likeness (QED) is 0.581. The predicted octanol–water partition coefficient (Wildman–Crippen LogP) is 4.65. The Morgan fingerprint density at radius 3 is 2.78 bits per heavy atom. The SMILES string of the molecule is O=C(CCCOc1cccc(Cl)c1Cl)NCc1ccc(OCC2CC2)nc1. The molecule has 0 radical (unpaired) electrons. The molecular formula is C20H22Cl2N2O3. The van der Waals surface area contributed by atoms with Gasteiger partial charge in [0.05, 0.1) is 18.2 Å². The highest BCUT2D eigenvalue weighted by Gasteiger charge is 2.22. The Bertz CT molecular complexity index is 764. The molecule has 1 aromatic heterocycles. The molecule has 0 aliphatic heterocycles. The second kappa shape index (κ2) is 9.81. The van der Waals surface area contributed by atoms with Crippen LogP contribution in [0.15, 0.2) is 36.5 Å². The molecule has 1 heterocycles. The summed E-state index contributed by atoms with van der Waals surface area (Å²) in [5.41, 5.74) is 0.934. The number of carbonyl (C=O) groups excluding carboxylic acids is 1. The molecule has 1 N–H and O–H groups in total. The molecule has 5 nitrogen and oxygen atoms in total. The van der Waals surface area contributed by atoms with Gasteiger partial charge in [-0.05, 0) is 42.9 Å². The minimum absolute atomic E-state index is 0.0372. The van der Waals surface area contributed by atoms with Crippen molar-refractivity contribution in [2.24, 2.45) is 5.92 Å². The number of hydrogen-bond donors (Lipinski definition) is 1. The molecular weight excluding hydrogens is 387 g/mol. The molecule has 0 saturated heterocycles. The molecule has 1 saturated carbocycles. The smallest absolute Gasteiger partial charge is 0.220 e. The number of nitrogens with one attached hydrogen (secondary N) is 1. The van der Waals surface area contributed by atoms with Crippen molar-refractivity contribution in [2.75, 3.05) is 13.2 Å². The van der Waals surface area contributed by atoms with Crippen LogP contribution in [0.1, 0.15) is 31.2 Å². The summed E-state index contributed by atoms with van der Waals surface area (Å²) in [5.74, 6) is 1.82. The maximum atomic E-state index is 11.9. The van der Waals surface area contributed by atoms with Gasteiger partial charge in [-0.15, -0.1) is 0 Å². The van der Waals surface area contributed by atoms with E-state index in [1.807, 2.05) is 12.1 Å². The summed E-state index contributed by atoms with van der Waals surface area (Å²) < 4.78 is 11.2. The van der Waals surface area contributed by atoms with Gasteiger partial charge in [0.25, 0.3) is 0 Å². The third kappa shape index (κ3) is 6.60. The van der Waals surface area contributed by atoms with Gasteiger partial charge in [-0.2, -0.15) is 0 Å². The average molecular weight is 409 g/mol. The minimum atomic E-state index is -0.0372. The summed E-state index contributed by atoms with van der Waals surface area (Å²) in [6.45, 7) is 1.57. The first-order valence-corrected chi connectivity index (χ1v) is 9.78. The molecule has 144 valence electrons. The molecule has 1 aliphatic rings. The number of halogens is 2. The first-order valence-electron chi connectivity index (χ1n) is 9.03. The van der Waals surface area contributed by atoms with E-state index in [1.54, 1.807) is 24.4 Å². The summed E-state index contributed by atoms with van der Waals surface area (Å²) >= 11 is 12.0. The highest BCUT2D eigenvalue weighted by molar-refractivity contribution is 6.42. The summed E-state index contributed by atoms with van der Waals surface area (Å²) in [6.07, 6.45) is 5.18. The van der Waals surface area contributed by atoms with Crippen LogP contribution in [0.25, 0.3) is 0 Å². The molecule has 1 fully saturated rings. The highest BCUT2D eigenvalue weighted by atomic mass is 35.5. The number of pyridine rings is 1. The van der Waals surface area contributed by atoms with Gasteiger partial charge in [-0.1, -0.05) is 35.3 Å². The number of aromatic nitrogens is 1. The summed E-state index contributed by atoms with van der Waals surface area (Å²) in [4.78, 5) is 16.2. The van der Waals surface area contributed by atoms with Crippen molar-refractivity contribution in [3.05, 3.63) is 52.1 Å². The standard InChI is InChI=1S/C20H22Cl2N2O3/c21-16-3-1-4-17(20(16)22)26-10-2-5-18(25)23-11-15-8-9-19(24-12-15)27-13-14-6-7-14/h1,3-4,8-9,12,14H,2,5-7,10-11,13H2,(H,23,25). The van der Waals surface area contributed by atoms with Gasteiger partial charge in [-0.25, -0.2) is 4.98 Å². The first kappa shape index (κ1) is 19.8. The monoisotopic (exact) mass is 408 g/mol. The first-order chi connectivity index (χ1) is 13.1. The highest BCUT2D eigenvalue weighted by Crippen LogP contribution is 2.31. The Balaban J connectivity index is 1.31. The Hall–Kier alpha value is -1.98. The van der Waals surface area contributed by atoms with Crippen LogP contribution >= 0.6 is 23.2 Å². The van der Waals surface area contributed by atoms with Crippen LogP contribution in [0, 0.1) is 5.92 Å². The second-order valence-corrected chi connectivity index (χ2v) is 7.32. The van der Waals surface area contributed by atoms with E-state index >= 15 is 0 Å². The minimum Gasteiger partial charge on any atom is -0.492 e. The maximum absolute atomic E-state index is 11.9. The van der Waals surface area contributed by atoms with Crippen molar-refractivity contribution in [1.82, 2.24) is 10.3 Å². The predicted molar refractivity (Wildman–Crippen MR) is 105 cm³/mol. The van der Waals surface area contributed by atoms with Crippen LogP contribution in [-0.4, -0.2) is 24.1 Å². The molecule has 1 aliphatic carbocycles. The van der Waals surface area contributed by atoms with Crippen molar-refractivity contribution in [3.8, 4) is 11.6 Å². The number of ether oxygens (including phenoxy) is 2. The molecule has 1 aromatic carbocycles. The van der Waals surface area contributed by atoms with Gasteiger partial charge >= 0.3 is 0 Å². The molecule has 27 heavy (non-hydrogen) atoms. The zero-order valence-corrected chi connectivity index (χ0v) is 16.4. The molecule has 2 aromatic rings. The van der Waals surface area contributed by atoms with E-state index in [9.17, 15) is 4.79 Å². The topological polar surface area (TPSA) is 60.5 Å². The fraction of sp³-hybridized carbons (Fsp3) is 0.400. The van der Waals surface area contributed by atoms with Gasteiger partial charge < -0.3 is 14.8 Å². The van der Waals surface area contributed by atoms with Crippen molar-refractivity contribution in [1.29, 1.82) is 0 Å². The largest absolute Gasteiger partial charge is 0.492 e. The molecule has 7 heteroatoms. The lowest BCUT2D eigenvalue weighted by molar-refractivity contribution is -0.121. The van der Waals surface area contributed by atoms with Crippen molar-refractivity contribution < 1.29 is 14.3 Å². The molecule has 3 rings (SSSR count). The molecule has 0 atom stereocenters. The summed E-state index contributed by atoms with van der Waals surface area (Å²) in [5, 5.41) is 3.71. The van der Waals surface area contributed by atoms with Crippen LogP contribution in [0.3, 0.4) is 0 Å². The third-order valence-electron chi connectivity index (χ3n) is 4.17. The second-order valence-electron chi connectivity index (χ2n) is 6.54. The Morgan fingerprint density at radius 2 is 2.04 bits per heavy atom. The van der Waals surface area contributed by atoms with E-state index in [0.29, 0.717) is 53.6 Å². The molecule has 0 unspecified atom stereocenters. The van der Waals surface area contributed by atoms with Crippen LogP contribution in [0.4, 0.5) is 0 Å². The zero-order valence-electron chi connectivity index (χ0n) is 14.9. The van der Waals surface area contributed by atoms with E-state index in [1.165, 1.54) is 12.8 Å². The van der Waals surface area contributed by atoms with Gasteiger partial charge in [0, 0.05) is 25.2 Å². The normalized spacial score (nSPS) is 13.3. The number of benzene rings is 1. The van der Waals surface area contributed by atoms with Gasteiger partial charge in [0.1, 0.15) is 10.8 Å². The number of nitrogens with zero attached hydrogens (tertiary/aromatic N) is 1. The zero-order chi connectivity index (χ0) is 19.1. The van der Waals surface area contributed by atoms with Crippen LogP contribution < -0.4 is 14.8 Å². The Morgan fingerprint density at radius 1 is 1.19 bits per heavy atom. The van der Waals surface area contributed by atoms with Gasteiger partial charge in [0.15, 0.2) is 0 Å². The van der Waals surface area contributed by atoms with E-state index < -0.39 is 0 Å². The maximum Gasteiger partial charge on any atom is 0.220 e. The number of carbonyl (C=O) groups is 1. The fourth-order valence-corrected chi connectivity index (χ4v) is 2.73. The number of rotatable bonds is 10. The Kier molecular flexibility index (Phi) is 7.18. The summed E-state index contributed by atoms with van der Waals surface area (Å²) in [6, 6.07) is 8.98. The number of amides is 1. The van der Waals surface area contributed by atoms with Crippen molar-refractivity contribution in [2.45, 2.75) is 32.2 Å².